The lowest BCUT2D eigenvalue weighted by Crippen LogP contribution is -2.33. The molecule has 0 aromatic rings. The monoisotopic (exact) mass is 212 g/mol. The van der Waals surface area contributed by atoms with E-state index in [9.17, 15) is 9.59 Å². The van der Waals surface area contributed by atoms with Crippen LogP contribution >= 0.6 is 0 Å². The van der Waals surface area contributed by atoms with E-state index in [2.05, 4.69) is 6.58 Å². The van der Waals surface area contributed by atoms with E-state index in [0.717, 1.165) is 12.8 Å². The third-order valence-electron chi connectivity index (χ3n) is 2.73. The molecule has 4 nitrogen and oxygen atoms in total. The van der Waals surface area contributed by atoms with Crippen LogP contribution in [0.3, 0.4) is 0 Å². The van der Waals surface area contributed by atoms with Crippen molar-refractivity contribution in [2.45, 2.75) is 25.7 Å². The number of carbonyl (C=O) groups excluding carboxylic acids is 1. The number of carboxylic acid groups (broad SMARTS) is 1. The minimum absolute atomic E-state index is 0.154. The van der Waals surface area contributed by atoms with E-state index < -0.39 is 23.8 Å². The van der Waals surface area contributed by atoms with Gasteiger partial charge in [0.25, 0.3) is 0 Å². The molecule has 1 N–H and O–H groups in total. The smallest absolute Gasteiger partial charge is 0.310 e. The van der Waals surface area contributed by atoms with Crippen molar-refractivity contribution >= 4 is 11.9 Å². The Morgan fingerprint density at radius 1 is 1.33 bits per heavy atom. The molecule has 1 aliphatic rings. The summed E-state index contributed by atoms with van der Waals surface area (Å²) in [6.45, 7) is 3.59. The SMILES string of the molecule is C=CCOC(=O)C1CCCCC1C(=O)O. The maximum Gasteiger partial charge on any atom is 0.310 e. The van der Waals surface area contributed by atoms with Crippen LogP contribution in [0.4, 0.5) is 0 Å². The van der Waals surface area contributed by atoms with Gasteiger partial charge in [-0.2, -0.15) is 0 Å². The third-order valence-corrected chi connectivity index (χ3v) is 2.73. The van der Waals surface area contributed by atoms with Gasteiger partial charge in [0.15, 0.2) is 0 Å². The van der Waals surface area contributed by atoms with Crippen molar-refractivity contribution in [2.24, 2.45) is 11.8 Å². The van der Waals surface area contributed by atoms with Crippen LogP contribution in [0.5, 0.6) is 0 Å². The van der Waals surface area contributed by atoms with Crippen LogP contribution in [0.2, 0.25) is 0 Å². The first-order valence-electron chi connectivity index (χ1n) is 5.17. The van der Waals surface area contributed by atoms with Gasteiger partial charge in [-0.15, -0.1) is 0 Å². The van der Waals surface area contributed by atoms with E-state index in [0.29, 0.717) is 12.8 Å². The number of aliphatic carboxylic acids is 1. The highest BCUT2D eigenvalue weighted by Crippen LogP contribution is 2.31. The van der Waals surface area contributed by atoms with Gasteiger partial charge in [-0.1, -0.05) is 25.5 Å². The zero-order chi connectivity index (χ0) is 11.3. The zero-order valence-electron chi connectivity index (χ0n) is 8.65. The van der Waals surface area contributed by atoms with E-state index in [1.54, 1.807) is 0 Å². The maximum absolute atomic E-state index is 11.5. The van der Waals surface area contributed by atoms with Crippen molar-refractivity contribution in [1.82, 2.24) is 0 Å². The van der Waals surface area contributed by atoms with Crippen LogP contribution < -0.4 is 0 Å². The van der Waals surface area contributed by atoms with Crippen LogP contribution in [-0.4, -0.2) is 23.7 Å². The molecular formula is C11H16O4. The molecule has 0 aromatic carbocycles. The van der Waals surface area contributed by atoms with Crippen LogP contribution in [-0.2, 0) is 14.3 Å². The molecule has 0 saturated heterocycles. The lowest BCUT2D eigenvalue weighted by Gasteiger charge is -2.26. The molecule has 0 heterocycles. The topological polar surface area (TPSA) is 63.6 Å². The molecule has 2 unspecified atom stereocenters. The zero-order valence-corrected chi connectivity index (χ0v) is 8.65. The minimum Gasteiger partial charge on any atom is -0.481 e. The Bertz CT molecular complexity index is 259. The van der Waals surface area contributed by atoms with Crippen molar-refractivity contribution in [3.05, 3.63) is 12.7 Å². The lowest BCUT2D eigenvalue weighted by atomic mass is 9.79. The summed E-state index contributed by atoms with van der Waals surface area (Å²) in [6.07, 6.45) is 4.45. The van der Waals surface area contributed by atoms with E-state index in [1.165, 1.54) is 6.08 Å². The van der Waals surface area contributed by atoms with E-state index in [1.807, 2.05) is 0 Å². The second-order valence-corrected chi connectivity index (χ2v) is 3.75. The van der Waals surface area contributed by atoms with Crippen LogP contribution in [0.1, 0.15) is 25.7 Å². The largest absolute Gasteiger partial charge is 0.481 e. The number of carbonyl (C=O) groups is 2. The Labute approximate surface area is 88.9 Å². The summed E-state index contributed by atoms with van der Waals surface area (Å²) in [5.41, 5.74) is 0. The van der Waals surface area contributed by atoms with Crippen molar-refractivity contribution in [3.8, 4) is 0 Å². The Morgan fingerprint density at radius 3 is 2.47 bits per heavy atom. The normalized spacial score (nSPS) is 25.6. The molecule has 1 aliphatic carbocycles. The molecule has 0 bridgehead atoms. The Hall–Kier alpha value is -1.32. The van der Waals surface area contributed by atoms with Crippen molar-refractivity contribution < 1.29 is 19.4 Å². The number of carboxylic acids is 1. The Balaban J connectivity index is 2.58. The Morgan fingerprint density at radius 2 is 1.93 bits per heavy atom. The molecule has 0 radical (unpaired) electrons. The van der Waals surface area contributed by atoms with Crippen LogP contribution in [0.15, 0.2) is 12.7 Å². The summed E-state index contributed by atoms with van der Waals surface area (Å²) < 4.78 is 4.89. The van der Waals surface area contributed by atoms with Gasteiger partial charge in [0, 0.05) is 0 Å². The summed E-state index contributed by atoms with van der Waals surface area (Å²) in [5, 5.41) is 8.96. The predicted molar refractivity (Wildman–Crippen MR) is 54.2 cm³/mol. The molecule has 84 valence electrons. The standard InChI is InChI=1S/C11H16O4/c1-2-7-15-11(14)9-6-4-3-5-8(9)10(12)13/h2,8-9H,1,3-7H2,(H,12,13). The van der Waals surface area contributed by atoms with Gasteiger partial charge < -0.3 is 9.84 Å². The molecule has 0 aliphatic heterocycles. The second-order valence-electron chi connectivity index (χ2n) is 3.75. The second kappa shape index (κ2) is 5.53. The van der Waals surface area contributed by atoms with E-state index >= 15 is 0 Å². The fourth-order valence-corrected chi connectivity index (χ4v) is 1.96. The summed E-state index contributed by atoms with van der Waals surface area (Å²) in [5.74, 6) is -2.34. The van der Waals surface area contributed by atoms with Crippen LogP contribution in [0, 0.1) is 11.8 Å². The van der Waals surface area contributed by atoms with Crippen molar-refractivity contribution in [1.29, 1.82) is 0 Å². The molecule has 1 rings (SSSR count). The highest BCUT2D eigenvalue weighted by Gasteiger charge is 2.36. The first kappa shape index (κ1) is 11.8. The van der Waals surface area contributed by atoms with Crippen molar-refractivity contribution in [3.63, 3.8) is 0 Å². The number of hydrogen-bond donors (Lipinski definition) is 1. The fourth-order valence-electron chi connectivity index (χ4n) is 1.96. The van der Waals surface area contributed by atoms with Gasteiger partial charge >= 0.3 is 11.9 Å². The lowest BCUT2D eigenvalue weighted by molar-refractivity contribution is -0.158. The van der Waals surface area contributed by atoms with E-state index in [4.69, 9.17) is 9.84 Å². The van der Waals surface area contributed by atoms with Gasteiger partial charge in [-0.05, 0) is 12.8 Å². The van der Waals surface area contributed by atoms with Gasteiger partial charge in [0.2, 0.25) is 0 Å². The van der Waals surface area contributed by atoms with Gasteiger partial charge in [-0.25, -0.2) is 0 Å². The fraction of sp³-hybridized carbons (Fsp3) is 0.636. The molecule has 0 aromatic heterocycles. The molecule has 1 saturated carbocycles. The highest BCUT2D eigenvalue weighted by molar-refractivity contribution is 5.81. The average molecular weight is 212 g/mol. The highest BCUT2D eigenvalue weighted by atomic mass is 16.5. The molecule has 0 spiro atoms. The first-order valence-corrected chi connectivity index (χ1v) is 5.17. The number of hydrogen-bond acceptors (Lipinski definition) is 3. The quantitative estimate of drug-likeness (QED) is 0.568. The molecular weight excluding hydrogens is 196 g/mol. The maximum atomic E-state index is 11.5. The summed E-state index contributed by atoms with van der Waals surface area (Å²) in [7, 11) is 0. The molecule has 4 heteroatoms. The molecule has 1 fully saturated rings. The average Bonchev–Trinajstić information content (AvgIpc) is 2.25. The predicted octanol–water partition coefficient (Wildman–Crippen LogP) is 1.61. The molecule has 15 heavy (non-hydrogen) atoms. The number of rotatable bonds is 4. The van der Waals surface area contributed by atoms with Gasteiger partial charge in [0.05, 0.1) is 11.8 Å². The third kappa shape index (κ3) is 3.08. The number of esters is 1. The van der Waals surface area contributed by atoms with Crippen LogP contribution in [0.25, 0.3) is 0 Å². The summed E-state index contributed by atoms with van der Waals surface area (Å²) >= 11 is 0. The first-order chi connectivity index (χ1) is 7.16. The van der Waals surface area contributed by atoms with Gasteiger partial charge in [0.1, 0.15) is 6.61 Å². The summed E-state index contributed by atoms with van der Waals surface area (Å²) in [6, 6.07) is 0. The van der Waals surface area contributed by atoms with Crippen molar-refractivity contribution in [2.75, 3.05) is 6.61 Å². The summed E-state index contributed by atoms with van der Waals surface area (Å²) in [4.78, 5) is 22.5. The Kier molecular flexibility index (Phi) is 4.34. The number of ether oxygens (including phenoxy) is 1. The molecule has 2 atom stereocenters. The van der Waals surface area contributed by atoms with E-state index in [-0.39, 0.29) is 6.61 Å². The van der Waals surface area contributed by atoms with Gasteiger partial charge in [-0.3, -0.25) is 9.59 Å². The molecule has 0 amide bonds. The minimum atomic E-state index is -0.893.